The Labute approximate surface area is 101 Å². The average Bonchev–Trinajstić information content (AvgIpc) is 2.73. The first-order valence-electron chi connectivity index (χ1n) is 6.13. The highest BCUT2D eigenvalue weighted by Gasteiger charge is 2.22. The molecule has 1 aromatic carbocycles. The van der Waals surface area contributed by atoms with Gasteiger partial charge in [0.15, 0.2) is 0 Å². The molecule has 2 atom stereocenters. The summed E-state index contributed by atoms with van der Waals surface area (Å²) in [6.07, 6.45) is 3.85. The third kappa shape index (κ3) is 3.03. The summed E-state index contributed by atoms with van der Waals surface area (Å²) in [6.45, 7) is 3.08. The summed E-state index contributed by atoms with van der Waals surface area (Å²) < 4.78 is 0. The molecule has 0 aromatic heterocycles. The maximum atomic E-state index is 10.5. The van der Waals surface area contributed by atoms with Crippen molar-refractivity contribution in [3.63, 3.8) is 0 Å². The molecule has 1 saturated carbocycles. The summed E-state index contributed by atoms with van der Waals surface area (Å²) in [5, 5.41) is 14.0. The second-order valence-electron chi connectivity index (χ2n) is 4.82. The molecular weight excluding hydrogens is 216 g/mol. The smallest absolute Gasteiger partial charge is 0.269 e. The van der Waals surface area contributed by atoms with E-state index in [2.05, 4.69) is 12.2 Å². The molecule has 1 aliphatic rings. The summed E-state index contributed by atoms with van der Waals surface area (Å²) in [6, 6.07) is 7.38. The van der Waals surface area contributed by atoms with Crippen LogP contribution in [0.4, 0.5) is 5.69 Å². The highest BCUT2D eigenvalue weighted by molar-refractivity contribution is 5.32. The molecule has 1 aromatic rings. The van der Waals surface area contributed by atoms with Gasteiger partial charge in [-0.25, -0.2) is 0 Å². The Bertz CT molecular complexity index is 389. The van der Waals surface area contributed by atoms with Gasteiger partial charge in [0, 0.05) is 24.7 Å². The number of nitrogens with one attached hydrogen (secondary N) is 1. The lowest BCUT2D eigenvalue weighted by Crippen LogP contribution is -2.30. The molecular formula is C13H18N2O2. The Hall–Kier alpha value is -1.42. The molecule has 1 fully saturated rings. The van der Waals surface area contributed by atoms with Crippen molar-refractivity contribution >= 4 is 5.69 Å². The van der Waals surface area contributed by atoms with Gasteiger partial charge in [0.25, 0.3) is 5.69 Å². The van der Waals surface area contributed by atoms with E-state index in [4.69, 9.17) is 0 Å². The molecule has 0 bridgehead atoms. The number of nitro benzene ring substituents is 1. The third-order valence-electron chi connectivity index (χ3n) is 3.58. The minimum Gasteiger partial charge on any atom is -0.310 e. The van der Waals surface area contributed by atoms with Gasteiger partial charge in [0.05, 0.1) is 4.92 Å². The molecule has 4 heteroatoms. The van der Waals surface area contributed by atoms with E-state index in [0.717, 1.165) is 18.0 Å². The Balaban J connectivity index is 1.88. The molecule has 2 rings (SSSR count). The van der Waals surface area contributed by atoms with Crippen LogP contribution >= 0.6 is 0 Å². The summed E-state index contributed by atoms with van der Waals surface area (Å²) in [5.74, 6) is 0.744. The van der Waals surface area contributed by atoms with Crippen LogP contribution in [0.15, 0.2) is 24.3 Å². The summed E-state index contributed by atoms with van der Waals surface area (Å²) in [5.41, 5.74) is 1.26. The monoisotopic (exact) mass is 234 g/mol. The first-order chi connectivity index (χ1) is 8.16. The Kier molecular flexibility index (Phi) is 3.74. The van der Waals surface area contributed by atoms with Crippen molar-refractivity contribution < 1.29 is 4.92 Å². The van der Waals surface area contributed by atoms with E-state index in [0.29, 0.717) is 6.04 Å². The zero-order valence-corrected chi connectivity index (χ0v) is 10.1. The first kappa shape index (κ1) is 12.0. The fourth-order valence-electron chi connectivity index (χ4n) is 2.43. The average molecular weight is 234 g/mol. The number of rotatable bonds is 4. The normalized spacial score (nSPS) is 23.8. The van der Waals surface area contributed by atoms with Crippen molar-refractivity contribution in [2.24, 2.45) is 5.92 Å². The molecule has 0 amide bonds. The predicted molar refractivity (Wildman–Crippen MR) is 66.7 cm³/mol. The van der Waals surface area contributed by atoms with Gasteiger partial charge < -0.3 is 5.32 Å². The van der Waals surface area contributed by atoms with Crippen molar-refractivity contribution in [1.82, 2.24) is 5.32 Å². The Morgan fingerprint density at radius 3 is 2.59 bits per heavy atom. The lowest BCUT2D eigenvalue weighted by atomic mass is 10.1. The lowest BCUT2D eigenvalue weighted by Gasteiger charge is -2.17. The lowest BCUT2D eigenvalue weighted by molar-refractivity contribution is -0.384. The Morgan fingerprint density at radius 2 is 2.06 bits per heavy atom. The maximum absolute atomic E-state index is 10.5. The number of hydrogen-bond donors (Lipinski definition) is 1. The van der Waals surface area contributed by atoms with Gasteiger partial charge in [0.2, 0.25) is 0 Å². The number of hydrogen-bond acceptors (Lipinski definition) is 3. The number of nitrogens with zero attached hydrogens (tertiary/aromatic N) is 1. The molecule has 0 heterocycles. The zero-order chi connectivity index (χ0) is 12.3. The Morgan fingerprint density at radius 1 is 1.35 bits per heavy atom. The molecule has 92 valence electrons. The molecule has 2 unspecified atom stereocenters. The SMILES string of the molecule is CC1CCCC1NCc1ccc([N+](=O)[O-])cc1. The van der Waals surface area contributed by atoms with Crippen LogP contribution in [0, 0.1) is 16.0 Å². The van der Waals surface area contributed by atoms with Crippen LogP contribution in [0.2, 0.25) is 0 Å². The number of non-ortho nitro benzene ring substituents is 1. The maximum Gasteiger partial charge on any atom is 0.269 e. The largest absolute Gasteiger partial charge is 0.310 e. The fourth-order valence-corrected chi connectivity index (χ4v) is 2.43. The molecule has 1 aliphatic carbocycles. The van der Waals surface area contributed by atoms with E-state index in [-0.39, 0.29) is 10.6 Å². The minimum atomic E-state index is -0.365. The van der Waals surface area contributed by atoms with Crippen molar-refractivity contribution in [1.29, 1.82) is 0 Å². The molecule has 4 nitrogen and oxygen atoms in total. The van der Waals surface area contributed by atoms with Crippen molar-refractivity contribution in [3.8, 4) is 0 Å². The molecule has 0 saturated heterocycles. The van der Waals surface area contributed by atoms with Gasteiger partial charge in [0.1, 0.15) is 0 Å². The predicted octanol–water partition coefficient (Wildman–Crippen LogP) is 2.87. The topological polar surface area (TPSA) is 55.2 Å². The fraction of sp³-hybridized carbons (Fsp3) is 0.538. The highest BCUT2D eigenvalue weighted by atomic mass is 16.6. The van der Waals surface area contributed by atoms with Gasteiger partial charge in [-0.2, -0.15) is 0 Å². The van der Waals surface area contributed by atoms with Crippen LogP contribution in [0.3, 0.4) is 0 Å². The summed E-state index contributed by atoms with van der Waals surface area (Å²) >= 11 is 0. The molecule has 1 N–H and O–H groups in total. The van der Waals surface area contributed by atoms with Gasteiger partial charge in [-0.05, 0) is 24.3 Å². The van der Waals surface area contributed by atoms with Crippen molar-refractivity contribution in [2.75, 3.05) is 0 Å². The van der Waals surface area contributed by atoms with Crippen LogP contribution in [0.5, 0.6) is 0 Å². The van der Waals surface area contributed by atoms with Crippen molar-refractivity contribution in [3.05, 3.63) is 39.9 Å². The minimum absolute atomic E-state index is 0.156. The highest BCUT2D eigenvalue weighted by Crippen LogP contribution is 2.25. The van der Waals surface area contributed by atoms with Crippen molar-refractivity contribution in [2.45, 2.75) is 38.8 Å². The standard InChI is InChI=1S/C13H18N2O2/c1-10-3-2-4-13(10)14-9-11-5-7-12(8-6-11)15(16)17/h5-8,10,13-14H,2-4,9H2,1H3. The van der Waals surface area contributed by atoms with E-state index in [1.165, 1.54) is 19.3 Å². The summed E-state index contributed by atoms with van der Waals surface area (Å²) in [7, 11) is 0. The third-order valence-corrected chi connectivity index (χ3v) is 3.58. The molecule has 0 radical (unpaired) electrons. The van der Waals surface area contributed by atoms with Gasteiger partial charge >= 0.3 is 0 Å². The van der Waals surface area contributed by atoms with Gasteiger partial charge in [-0.1, -0.05) is 25.5 Å². The van der Waals surface area contributed by atoms with Gasteiger partial charge in [-0.15, -0.1) is 0 Å². The van der Waals surface area contributed by atoms with E-state index >= 15 is 0 Å². The molecule has 0 spiro atoms. The van der Waals surface area contributed by atoms with E-state index in [1.807, 2.05) is 12.1 Å². The quantitative estimate of drug-likeness (QED) is 0.643. The zero-order valence-electron chi connectivity index (χ0n) is 10.1. The first-order valence-corrected chi connectivity index (χ1v) is 6.13. The molecule has 17 heavy (non-hydrogen) atoms. The summed E-state index contributed by atoms with van der Waals surface area (Å²) in [4.78, 5) is 10.1. The van der Waals surface area contributed by atoms with Gasteiger partial charge in [-0.3, -0.25) is 10.1 Å². The van der Waals surface area contributed by atoms with Crippen LogP contribution in [0.1, 0.15) is 31.7 Å². The number of benzene rings is 1. The molecule has 0 aliphatic heterocycles. The second-order valence-corrected chi connectivity index (χ2v) is 4.82. The number of nitro groups is 1. The second kappa shape index (κ2) is 5.27. The van der Waals surface area contributed by atoms with Crippen LogP contribution in [-0.4, -0.2) is 11.0 Å². The van der Waals surface area contributed by atoms with E-state index in [9.17, 15) is 10.1 Å². The van der Waals surface area contributed by atoms with E-state index < -0.39 is 0 Å². The van der Waals surface area contributed by atoms with Crippen LogP contribution in [0.25, 0.3) is 0 Å². The van der Waals surface area contributed by atoms with E-state index in [1.54, 1.807) is 12.1 Å². The van der Waals surface area contributed by atoms with Crippen LogP contribution < -0.4 is 5.32 Å². The van der Waals surface area contributed by atoms with Crippen LogP contribution in [-0.2, 0) is 6.54 Å².